The molecule has 0 aliphatic rings. The third-order valence-electron chi connectivity index (χ3n) is 1.85. The van der Waals surface area contributed by atoms with E-state index in [2.05, 4.69) is 10.3 Å². The van der Waals surface area contributed by atoms with E-state index in [-0.39, 0.29) is 6.54 Å². The fraction of sp³-hybridized carbons (Fsp3) is 0.400. The van der Waals surface area contributed by atoms with Crippen molar-refractivity contribution in [2.24, 2.45) is 0 Å². The summed E-state index contributed by atoms with van der Waals surface area (Å²) in [7, 11) is 0. The Balaban J connectivity index is 2.26. The molecule has 1 N–H and O–H groups in total. The second-order valence-electron chi connectivity index (χ2n) is 3.25. The third kappa shape index (κ3) is 5.33. The number of nitrogens with one attached hydrogen (secondary N) is 1. The smallest absolute Gasteiger partial charge is 0.352 e. The van der Waals surface area contributed by atoms with Crippen molar-refractivity contribution in [1.29, 1.82) is 0 Å². The standard InChI is InChI=1S/C10H11F3N2O/c11-10(12,13)4-3-9(16)15-7-8-2-1-5-14-6-8/h1-2,5-6H,3-4,7H2,(H,15,16). The monoisotopic (exact) mass is 232 g/mol. The number of carbonyl (C=O) groups excluding carboxylic acids is 1. The van der Waals surface area contributed by atoms with E-state index in [1.807, 2.05) is 0 Å². The maximum Gasteiger partial charge on any atom is 0.389 e. The zero-order chi connectivity index (χ0) is 12.0. The molecule has 0 saturated heterocycles. The molecule has 16 heavy (non-hydrogen) atoms. The number of halogens is 3. The molecule has 1 aromatic rings. The van der Waals surface area contributed by atoms with Gasteiger partial charge in [-0.15, -0.1) is 0 Å². The van der Waals surface area contributed by atoms with Gasteiger partial charge in [-0.3, -0.25) is 9.78 Å². The van der Waals surface area contributed by atoms with Crippen molar-refractivity contribution in [2.45, 2.75) is 25.6 Å². The van der Waals surface area contributed by atoms with E-state index in [0.29, 0.717) is 0 Å². The van der Waals surface area contributed by atoms with Crippen LogP contribution in [0.3, 0.4) is 0 Å². The van der Waals surface area contributed by atoms with E-state index in [9.17, 15) is 18.0 Å². The first-order valence-electron chi connectivity index (χ1n) is 4.70. The Morgan fingerprint density at radius 2 is 2.19 bits per heavy atom. The molecule has 1 heterocycles. The number of alkyl halides is 3. The first-order chi connectivity index (χ1) is 7.47. The highest BCUT2D eigenvalue weighted by molar-refractivity contribution is 5.75. The summed E-state index contributed by atoms with van der Waals surface area (Å²) in [4.78, 5) is 14.8. The van der Waals surface area contributed by atoms with Crippen LogP contribution in [0.25, 0.3) is 0 Å². The Labute approximate surface area is 90.7 Å². The van der Waals surface area contributed by atoms with Crippen LogP contribution >= 0.6 is 0 Å². The fourth-order valence-electron chi connectivity index (χ4n) is 1.05. The van der Waals surface area contributed by atoms with Gasteiger partial charge >= 0.3 is 6.18 Å². The molecule has 1 rings (SSSR count). The van der Waals surface area contributed by atoms with E-state index < -0.39 is 24.9 Å². The van der Waals surface area contributed by atoms with Gasteiger partial charge in [-0.1, -0.05) is 6.07 Å². The molecule has 0 fully saturated rings. The average molecular weight is 232 g/mol. The van der Waals surface area contributed by atoms with Crippen LogP contribution in [0.15, 0.2) is 24.5 Å². The van der Waals surface area contributed by atoms with Crippen LogP contribution in [0, 0.1) is 0 Å². The molecule has 0 aliphatic heterocycles. The molecule has 3 nitrogen and oxygen atoms in total. The van der Waals surface area contributed by atoms with Gasteiger partial charge in [0.25, 0.3) is 0 Å². The minimum Gasteiger partial charge on any atom is -0.352 e. The summed E-state index contributed by atoms with van der Waals surface area (Å²) in [5.74, 6) is -0.610. The average Bonchev–Trinajstić information content (AvgIpc) is 2.24. The lowest BCUT2D eigenvalue weighted by atomic mass is 10.2. The van der Waals surface area contributed by atoms with Crippen molar-refractivity contribution in [3.63, 3.8) is 0 Å². The summed E-state index contributed by atoms with van der Waals surface area (Å²) in [5.41, 5.74) is 0.753. The molecule has 0 spiro atoms. The third-order valence-corrected chi connectivity index (χ3v) is 1.85. The van der Waals surface area contributed by atoms with E-state index in [1.54, 1.807) is 24.5 Å². The van der Waals surface area contributed by atoms with Crippen molar-refractivity contribution in [2.75, 3.05) is 0 Å². The number of amides is 1. The van der Waals surface area contributed by atoms with Gasteiger partial charge in [0, 0.05) is 25.4 Å². The lowest BCUT2D eigenvalue weighted by molar-refractivity contribution is -0.144. The van der Waals surface area contributed by atoms with Crippen molar-refractivity contribution in [3.8, 4) is 0 Å². The predicted molar refractivity (Wildman–Crippen MR) is 51.4 cm³/mol. The van der Waals surface area contributed by atoms with Crippen LogP contribution in [0.4, 0.5) is 13.2 Å². The number of nitrogens with zero attached hydrogens (tertiary/aromatic N) is 1. The lowest BCUT2D eigenvalue weighted by Gasteiger charge is -2.07. The van der Waals surface area contributed by atoms with E-state index >= 15 is 0 Å². The minimum atomic E-state index is -4.29. The zero-order valence-electron chi connectivity index (χ0n) is 8.42. The Morgan fingerprint density at radius 1 is 1.44 bits per heavy atom. The summed E-state index contributed by atoms with van der Waals surface area (Å²) in [6.45, 7) is 0.199. The highest BCUT2D eigenvalue weighted by Gasteiger charge is 2.27. The van der Waals surface area contributed by atoms with Crippen LogP contribution in [0.1, 0.15) is 18.4 Å². The van der Waals surface area contributed by atoms with Gasteiger partial charge in [0.1, 0.15) is 0 Å². The van der Waals surface area contributed by atoms with E-state index in [1.165, 1.54) is 0 Å². The van der Waals surface area contributed by atoms with Crippen LogP contribution in [0.5, 0.6) is 0 Å². The number of rotatable bonds is 4. The molecule has 0 aromatic carbocycles. The molecule has 0 aliphatic carbocycles. The summed E-state index contributed by atoms with van der Waals surface area (Å²) >= 11 is 0. The second-order valence-corrected chi connectivity index (χ2v) is 3.25. The molecule has 1 aromatic heterocycles. The quantitative estimate of drug-likeness (QED) is 0.863. The fourth-order valence-corrected chi connectivity index (χ4v) is 1.05. The van der Waals surface area contributed by atoms with E-state index in [0.717, 1.165) is 5.56 Å². The maximum atomic E-state index is 11.8. The van der Waals surface area contributed by atoms with Crippen molar-refractivity contribution >= 4 is 5.91 Å². The number of hydrogen-bond donors (Lipinski definition) is 1. The molecule has 1 amide bonds. The van der Waals surface area contributed by atoms with Gasteiger partial charge in [-0.2, -0.15) is 13.2 Å². The number of hydrogen-bond acceptors (Lipinski definition) is 2. The Bertz CT molecular complexity index is 338. The highest BCUT2D eigenvalue weighted by atomic mass is 19.4. The molecule has 0 bridgehead atoms. The molecule has 0 unspecified atom stereocenters. The number of aromatic nitrogens is 1. The number of pyridine rings is 1. The lowest BCUT2D eigenvalue weighted by Crippen LogP contribution is -2.24. The summed E-state index contributed by atoms with van der Waals surface area (Å²) < 4.78 is 35.4. The number of carbonyl (C=O) groups is 1. The van der Waals surface area contributed by atoms with Crippen LogP contribution in [0.2, 0.25) is 0 Å². The first-order valence-corrected chi connectivity index (χ1v) is 4.70. The molecular formula is C10H11F3N2O. The topological polar surface area (TPSA) is 42.0 Å². The van der Waals surface area contributed by atoms with Gasteiger partial charge in [0.15, 0.2) is 0 Å². The summed E-state index contributed by atoms with van der Waals surface area (Å²) in [6, 6.07) is 3.42. The SMILES string of the molecule is O=C(CCC(F)(F)F)NCc1cccnc1. The van der Waals surface area contributed by atoms with Gasteiger partial charge in [-0.25, -0.2) is 0 Å². The predicted octanol–water partition coefficient (Wildman–Crippen LogP) is 2.04. The normalized spacial score (nSPS) is 11.2. The molecule has 0 radical (unpaired) electrons. The Kier molecular flexibility index (Phi) is 4.28. The molecule has 6 heteroatoms. The van der Waals surface area contributed by atoms with Gasteiger partial charge in [0.2, 0.25) is 5.91 Å². The molecular weight excluding hydrogens is 221 g/mol. The van der Waals surface area contributed by atoms with Crippen molar-refractivity contribution < 1.29 is 18.0 Å². The summed E-state index contributed by atoms with van der Waals surface area (Å²) in [5, 5.41) is 2.39. The summed E-state index contributed by atoms with van der Waals surface area (Å²) in [6.07, 6.45) is -2.79. The molecule has 0 saturated carbocycles. The van der Waals surface area contributed by atoms with Gasteiger partial charge < -0.3 is 5.32 Å². The molecule has 0 atom stereocenters. The Morgan fingerprint density at radius 3 is 2.75 bits per heavy atom. The van der Waals surface area contributed by atoms with Gasteiger partial charge in [0.05, 0.1) is 6.42 Å². The largest absolute Gasteiger partial charge is 0.389 e. The molecule has 88 valence electrons. The second kappa shape index (κ2) is 5.48. The highest BCUT2D eigenvalue weighted by Crippen LogP contribution is 2.20. The van der Waals surface area contributed by atoms with Crippen LogP contribution in [-0.2, 0) is 11.3 Å². The van der Waals surface area contributed by atoms with Crippen molar-refractivity contribution in [3.05, 3.63) is 30.1 Å². The maximum absolute atomic E-state index is 11.8. The first kappa shape index (κ1) is 12.5. The van der Waals surface area contributed by atoms with Crippen molar-refractivity contribution in [1.82, 2.24) is 10.3 Å². The Hall–Kier alpha value is -1.59. The zero-order valence-corrected chi connectivity index (χ0v) is 8.42. The minimum absolute atomic E-state index is 0.199. The van der Waals surface area contributed by atoms with Gasteiger partial charge in [-0.05, 0) is 11.6 Å². The van der Waals surface area contributed by atoms with Crippen LogP contribution < -0.4 is 5.32 Å². The van der Waals surface area contributed by atoms with Crippen LogP contribution in [-0.4, -0.2) is 17.1 Å². The van der Waals surface area contributed by atoms with E-state index in [4.69, 9.17) is 0 Å².